The van der Waals surface area contributed by atoms with E-state index in [9.17, 15) is 9.90 Å². The van der Waals surface area contributed by atoms with Gasteiger partial charge in [-0.25, -0.2) is 4.68 Å². The third-order valence-electron chi connectivity index (χ3n) is 5.04. The fraction of sp³-hybridized carbons (Fsp3) is 0.526. The van der Waals surface area contributed by atoms with Gasteiger partial charge in [-0.15, -0.1) is 5.10 Å². The summed E-state index contributed by atoms with van der Waals surface area (Å²) < 4.78 is 1.63. The van der Waals surface area contributed by atoms with Crippen molar-refractivity contribution in [2.45, 2.75) is 39.3 Å². The molecule has 1 aliphatic heterocycles. The SMILES string of the molecule is CC(C)C(O)C1CCN(C(=O)c2cn(Cc3ccccc3Cl)nn2)CC1. The number of rotatable bonds is 5. The number of piperidine rings is 1. The van der Waals surface area contributed by atoms with E-state index in [2.05, 4.69) is 10.3 Å². The molecule has 6 nitrogen and oxygen atoms in total. The molecular formula is C19H25ClN4O2. The first-order valence-electron chi connectivity index (χ1n) is 9.06. The van der Waals surface area contributed by atoms with Crippen molar-refractivity contribution < 1.29 is 9.90 Å². The maximum atomic E-state index is 12.7. The number of aliphatic hydroxyl groups excluding tert-OH is 1. The fourth-order valence-corrected chi connectivity index (χ4v) is 3.62. The van der Waals surface area contributed by atoms with Gasteiger partial charge in [0.25, 0.3) is 5.91 Å². The monoisotopic (exact) mass is 376 g/mol. The molecule has 1 aromatic carbocycles. The quantitative estimate of drug-likeness (QED) is 0.871. The standard InChI is InChI=1S/C19H25ClN4O2/c1-13(2)18(25)14-7-9-23(10-8-14)19(26)17-12-24(22-21-17)11-15-5-3-4-6-16(15)20/h3-6,12-14,18,25H,7-11H2,1-2H3. The van der Waals surface area contributed by atoms with Gasteiger partial charge >= 0.3 is 0 Å². The molecule has 1 atom stereocenters. The van der Waals surface area contributed by atoms with E-state index in [1.807, 2.05) is 38.1 Å². The zero-order valence-electron chi connectivity index (χ0n) is 15.2. The number of carbonyl (C=O) groups excluding carboxylic acids is 1. The van der Waals surface area contributed by atoms with Gasteiger partial charge in [0.05, 0.1) is 18.8 Å². The zero-order chi connectivity index (χ0) is 18.7. The highest BCUT2D eigenvalue weighted by Gasteiger charge is 2.30. The van der Waals surface area contributed by atoms with E-state index in [0.717, 1.165) is 18.4 Å². The van der Waals surface area contributed by atoms with Crippen molar-refractivity contribution in [3.63, 3.8) is 0 Å². The molecule has 26 heavy (non-hydrogen) atoms. The fourth-order valence-electron chi connectivity index (χ4n) is 3.43. The molecule has 1 saturated heterocycles. The minimum atomic E-state index is -0.302. The summed E-state index contributed by atoms with van der Waals surface area (Å²) in [5.74, 6) is 0.398. The number of carbonyl (C=O) groups is 1. The van der Waals surface area contributed by atoms with Crippen LogP contribution >= 0.6 is 11.6 Å². The van der Waals surface area contributed by atoms with Gasteiger partial charge in [-0.05, 0) is 36.3 Å². The molecule has 1 N–H and O–H groups in total. The third-order valence-corrected chi connectivity index (χ3v) is 5.41. The lowest BCUT2D eigenvalue weighted by Crippen LogP contribution is -2.42. The van der Waals surface area contributed by atoms with Crippen LogP contribution in [-0.2, 0) is 6.54 Å². The molecule has 3 rings (SSSR count). The summed E-state index contributed by atoms with van der Waals surface area (Å²) in [7, 11) is 0. The molecule has 140 valence electrons. The van der Waals surface area contributed by atoms with Crippen molar-refractivity contribution in [3.05, 3.63) is 46.7 Å². The van der Waals surface area contributed by atoms with Crippen molar-refractivity contribution in [3.8, 4) is 0 Å². The van der Waals surface area contributed by atoms with Crippen LogP contribution in [0.3, 0.4) is 0 Å². The molecule has 0 aliphatic carbocycles. The Morgan fingerprint density at radius 3 is 2.65 bits per heavy atom. The molecule has 1 aromatic heterocycles. The van der Waals surface area contributed by atoms with Crippen LogP contribution in [0.15, 0.2) is 30.5 Å². The molecule has 2 aromatic rings. The van der Waals surface area contributed by atoms with Gasteiger partial charge in [-0.3, -0.25) is 4.79 Å². The second-order valence-corrected chi connectivity index (χ2v) is 7.66. The minimum absolute atomic E-state index is 0.104. The molecule has 0 radical (unpaired) electrons. The van der Waals surface area contributed by atoms with E-state index >= 15 is 0 Å². The predicted octanol–water partition coefficient (Wildman–Crippen LogP) is 2.85. The average Bonchev–Trinajstić information content (AvgIpc) is 3.11. The number of amides is 1. The van der Waals surface area contributed by atoms with Gasteiger partial charge in [0.15, 0.2) is 5.69 Å². The van der Waals surface area contributed by atoms with Crippen LogP contribution < -0.4 is 0 Å². The van der Waals surface area contributed by atoms with E-state index < -0.39 is 0 Å². The lowest BCUT2D eigenvalue weighted by molar-refractivity contribution is 0.0260. The van der Waals surface area contributed by atoms with Gasteiger partial charge in [0.2, 0.25) is 0 Å². The maximum Gasteiger partial charge on any atom is 0.276 e. The molecular weight excluding hydrogens is 352 g/mol. The lowest BCUT2D eigenvalue weighted by Gasteiger charge is -2.35. The van der Waals surface area contributed by atoms with E-state index in [0.29, 0.717) is 30.4 Å². The molecule has 1 aliphatic rings. The molecule has 1 fully saturated rings. The van der Waals surface area contributed by atoms with E-state index in [1.165, 1.54) is 0 Å². The summed E-state index contributed by atoms with van der Waals surface area (Å²) in [5.41, 5.74) is 1.28. The number of aliphatic hydroxyl groups is 1. The molecule has 7 heteroatoms. The second kappa shape index (κ2) is 8.18. The Bertz CT molecular complexity index is 754. The van der Waals surface area contributed by atoms with Crippen LogP contribution in [0.2, 0.25) is 5.02 Å². The Hall–Kier alpha value is -1.92. The number of hydrogen-bond donors (Lipinski definition) is 1. The highest BCUT2D eigenvalue weighted by molar-refractivity contribution is 6.31. The van der Waals surface area contributed by atoms with Crippen LogP contribution in [0.4, 0.5) is 0 Å². The van der Waals surface area contributed by atoms with Gasteiger partial charge in [-0.1, -0.05) is 48.9 Å². The van der Waals surface area contributed by atoms with E-state index in [-0.39, 0.29) is 23.8 Å². The lowest BCUT2D eigenvalue weighted by atomic mass is 9.85. The normalized spacial score (nSPS) is 16.9. The number of aromatic nitrogens is 3. The summed E-state index contributed by atoms with van der Waals surface area (Å²) in [4.78, 5) is 14.5. The Morgan fingerprint density at radius 1 is 1.31 bits per heavy atom. The second-order valence-electron chi connectivity index (χ2n) is 7.26. The Balaban J connectivity index is 1.60. The molecule has 0 saturated carbocycles. The Morgan fingerprint density at radius 2 is 2.00 bits per heavy atom. The summed E-state index contributed by atoms with van der Waals surface area (Å²) in [6.07, 6.45) is 3.00. The van der Waals surface area contributed by atoms with Crippen LogP contribution in [0.1, 0.15) is 42.7 Å². The van der Waals surface area contributed by atoms with Crippen LogP contribution in [0.25, 0.3) is 0 Å². The Labute approximate surface area is 158 Å². The third kappa shape index (κ3) is 4.24. The summed E-state index contributed by atoms with van der Waals surface area (Å²) in [6, 6.07) is 7.55. The maximum absolute atomic E-state index is 12.7. The molecule has 1 unspecified atom stereocenters. The van der Waals surface area contributed by atoms with Gasteiger partial charge in [0, 0.05) is 18.1 Å². The molecule has 2 heterocycles. The van der Waals surface area contributed by atoms with E-state index in [4.69, 9.17) is 11.6 Å². The first kappa shape index (κ1) is 18.9. The van der Waals surface area contributed by atoms with Crippen molar-refractivity contribution in [2.24, 2.45) is 11.8 Å². The number of likely N-dealkylation sites (tertiary alicyclic amines) is 1. The van der Waals surface area contributed by atoms with Crippen molar-refractivity contribution in [1.82, 2.24) is 19.9 Å². The number of hydrogen-bond acceptors (Lipinski definition) is 4. The van der Waals surface area contributed by atoms with Crippen molar-refractivity contribution >= 4 is 17.5 Å². The minimum Gasteiger partial charge on any atom is -0.393 e. The van der Waals surface area contributed by atoms with Crippen molar-refractivity contribution in [2.75, 3.05) is 13.1 Å². The highest BCUT2D eigenvalue weighted by atomic mass is 35.5. The van der Waals surface area contributed by atoms with Gasteiger partial charge in [0.1, 0.15) is 0 Å². The van der Waals surface area contributed by atoms with E-state index in [1.54, 1.807) is 15.8 Å². The first-order valence-corrected chi connectivity index (χ1v) is 9.44. The molecule has 0 spiro atoms. The highest BCUT2D eigenvalue weighted by Crippen LogP contribution is 2.25. The number of nitrogens with zero attached hydrogens (tertiary/aromatic N) is 4. The smallest absolute Gasteiger partial charge is 0.276 e. The van der Waals surface area contributed by atoms with Gasteiger partial charge in [-0.2, -0.15) is 0 Å². The van der Waals surface area contributed by atoms with Crippen LogP contribution in [-0.4, -0.2) is 50.1 Å². The average molecular weight is 377 g/mol. The van der Waals surface area contributed by atoms with Crippen LogP contribution in [0, 0.1) is 11.8 Å². The Kier molecular flexibility index (Phi) is 5.94. The number of halogens is 1. The summed E-state index contributed by atoms with van der Waals surface area (Å²) in [5, 5.41) is 19.0. The van der Waals surface area contributed by atoms with Crippen molar-refractivity contribution in [1.29, 1.82) is 0 Å². The molecule has 1 amide bonds. The van der Waals surface area contributed by atoms with Crippen LogP contribution in [0.5, 0.6) is 0 Å². The summed E-state index contributed by atoms with van der Waals surface area (Å²) in [6.45, 7) is 5.82. The largest absolute Gasteiger partial charge is 0.393 e. The zero-order valence-corrected chi connectivity index (χ0v) is 15.9. The first-order chi connectivity index (χ1) is 12.5. The molecule has 0 bridgehead atoms. The van der Waals surface area contributed by atoms with Gasteiger partial charge < -0.3 is 10.0 Å². The summed E-state index contributed by atoms with van der Waals surface area (Å²) >= 11 is 6.17. The number of benzene rings is 1. The topological polar surface area (TPSA) is 71.2 Å². The predicted molar refractivity (Wildman–Crippen MR) is 100 cm³/mol.